The lowest BCUT2D eigenvalue weighted by atomic mass is 9.99. The molecule has 0 radical (unpaired) electrons. The Bertz CT molecular complexity index is 446. The van der Waals surface area contributed by atoms with E-state index in [1.54, 1.807) is 0 Å². The zero-order chi connectivity index (χ0) is 14.5. The molecule has 2 aliphatic rings. The Balaban J connectivity index is 1.53. The standard InChI is InChI=1S/C17H25N3O/c21-14-18-15-4-6-16(7-5-15)20-12-8-17(9-13-20)19-10-2-1-3-11-19/h4-7,14,17H,1-3,8-13H2,(H,18,21). The molecule has 21 heavy (non-hydrogen) atoms. The van der Waals surface area contributed by atoms with Crippen LogP contribution < -0.4 is 10.2 Å². The molecule has 114 valence electrons. The summed E-state index contributed by atoms with van der Waals surface area (Å²) < 4.78 is 0. The highest BCUT2D eigenvalue weighted by Crippen LogP contribution is 2.25. The summed E-state index contributed by atoms with van der Waals surface area (Å²) in [6, 6.07) is 8.94. The van der Waals surface area contributed by atoms with Crippen LogP contribution >= 0.6 is 0 Å². The Labute approximate surface area is 127 Å². The molecule has 2 aliphatic heterocycles. The van der Waals surface area contributed by atoms with Crippen molar-refractivity contribution in [3.63, 3.8) is 0 Å². The van der Waals surface area contributed by atoms with Crippen LogP contribution in [0.4, 0.5) is 11.4 Å². The van der Waals surface area contributed by atoms with Gasteiger partial charge in [-0.05, 0) is 63.0 Å². The van der Waals surface area contributed by atoms with E-state index in [1.165, 1.54) is 50.9 Å². The Morgan fingerprint density at radius 3 is 2.24 bits per heavy atom. The van der Waals surface area contributed by atoms with Crippen LogP contribution in [-0.4, -0.2) is 43.5 Å². The number of hydrogen-bond acceptors (Lipinski definition) is 3. The molecule has 1 N–H and O–H groups in total. The van der Waals surface area contributed by atoms with Gasteiger partial charge in [0, 0.05) is 30.5 Å². The van der Waals surface area contributed by atoms with Crippen molar-refractivity contribution in [2.45, 2.75) is 38.1 Å². The van der Waals surface area contributed by atoms with Gasteiger partial charge in [-0.2, -0.15) is 0 Å². The third-order valence-electron chi connectivity index (χ3n) is 4.83. The van der Waals surface area contributed by atoms with Crippen LogP contribution in [0.2, 0.25) is 0 Å². The molecule has 1 aromatic rings. The van der Waals surface area contributed by atoms with Gasteiger partial charge in [0.25, 0.3) is 0 Å². The number of amides is 1. The minimum atomic E-state index is 0.721. The maximum absolute atomic E-state index is 10.4. The third kappa shape index (κ3) is 3.56. The highest BCUT2D eigenvalue weighted by Gasteiger charge is 2.25. The van der Waals surface area contributed by atoms with Gasteiger partial charge in [0.1, 0.15) is 0 Å². The highest BCUT2D eigenvalue weighted by molar-refractivity contribution is 5.72. The van der Waals surface area contributed by atoms with Crippen molar-refractivity contribution in [1.29, 1.82) is 0 Å². The molecular formula is C17H25N3O. The van der Waals surface area contributed by atoms with Crippen molar-refractivity contribution >= 4 is 17.8 Å². The fourth-order valence-electron chi connectivity index (χ4n) is 3.61. The van der Waals surface area contributed by atoms with Crippen molar-refractivity contribution in [3.8, 4) is 0 Å². The molecule has 0 unspecified atom stereocenters. The monoisotopic (exact) mass is 287 g/mol. The molecule has 1 amide bonds. The number of piperidine rings is 2. The molecule has 4 nitrogen and oxygen atoms in total. The van der Waals surface area contributed by atoms with E-state index in [0.717, 1.165) is 31.2 Å². The third-order valence-corrected chi connectivity index (χ3v) is 4.83. The second-order valence-corrected chi connectivity index (χ2v) is 6.12. The largest absolute Gasteiger partial charge is 0.371 e. The van der Waals surface area contributed by atoms with Crippen molar-refractivity contribution in [2.24, 2.45) is 0 Å². The molecular weight excluding hydrogens is 262 g/mol. The van der Waals surface area contributed by atoms with Crippen LogP contribution in [0, 0.1) is 0 Å². The van der Waals surface area contributed by atoms with E-state index in [4.69, 9.17) is 0 Å². The number of likely N-dealkylation sites (tertiary alicyclic amines) is 1. The number of benzene rings is 1. The van der Waals surface area contributed by atoms with Gasteiger partial charge in [0.2, 0.25) is 6.41 Å². The van der Waals surface area contributed by atoms with Gasteiger partial charge in [0.15, 0.2) is 0 Å². The van der Waals surface area contributed by atoms with Gasteiger partial charge in [0.05, 0.1) is 0 Å². The Hall–Kier alpha value is -1.55. The lowest BCUT2D eigenvalue weighted by molar-refractivity contribution is -0.105. The molecule has 2 saturated heterocycles. The minimum Gasteiger partial charge on any atom is -0.371 e. The zero-order valence-corrected chi connectivity index (χ0v) is 12.6. The number of anilines is 2. The minimum absolute atomic E-state index is 0.721. The van der Waals surface area contributed by atoms with E-state index in [2.05, 4.69) is 27.2 Å². The van der Waals surface area contributed by atoms with Crippen LogP contribution in [0.3, 0.4) is 0 Å². The van der Waals surface area contributed by atoms with Crippen LogP contribution in [0.1, 0.15) is 32.1 Å². The zero-order valence-electron chi connectivity index (χ0n) is 12.6. The number of nitrogens with one attached hydrogen (secondary N) is 1. The smallest absolute Gasteiger partial charge is 0.211 e. The quantitative estimate of drug-likeness (QED) is 0.865. The van der Waals surface area contributed by atoms with E-state index in [-0.39, 0.29) is 0 Å². The van der Waals surface area contributed by atoms with Gasteiger partial charge < -0.3 is 15.1 Å². The first kappa shape index (κ1) is 14.4. The molecule has 1 aromatic carbocycles. The van der Waals surface area contributed by atoms with Crippen molar-refractivity contribution in [2.75, 3.05) is 36.4 Å². The molecule has 0 spiro atoms. The topological polar surface area (TPSA) is 35.6 Å². The molecule has 3 rings (SSSR count). The molecule has 4 heteroatoms. The first-order valence-corrected chi connectivity index (χ1v) is 8.16. The Morgan fingerprint density at radius 2 is 1.62 bits per heavy atom. The van der Waals surface area contributed by atoms with Crippen LogP contribution in [0.5, 0.6) is 0 Å². The van der Waals surface area contributed by atoms with E-state index < -0.39 is 0 Å². The summed E-state index contributed by atoms with van der Waals surface area (Å²) in [5.41, 5.74) is 2.13. The predicted octanol–water partition coefficient (Wildman–Crippen LogP) is 2.71. The van der Waals surface area contributed by atoms with Crippen molar-refractivity contribution in [1.82, 2.24) is 4.90 Å². The Morgan fingerprint density at radius 1 is 0.952 bits per heavy atom. The fraction of sp³-hybridized carbons (Fsp3) is 0.588. The van der Waals surface area contributed by atoms with Gasteiger partial charge in [-0.1, -0.05) is 6.42 Å². The average Bonchev–Trinajstić information content (AvgIpc) is 2.57. The first-order chi connectivity index (χ1) is 10.4. The molecule has 0 bridgehead atoms. The summed E-state index contributed by atoms with van der Waals surface area (Å²) in [6.45, 7) is 4.89. The van der Waals surface area contributed by atoms with Crippen LogP contribution in [0.15, 0.2) is 24.3 Å². The van der Waals surface area contributed by atoms with Gasteiger partial charge in [-0.15, -0.1) is 0 Å². The summed E-state index contributed by atoms with van der Waals surface area (Å²) in [7, 11) is 0. The summed E-state index contributed by atoms with van der Waals surface area (Å²) in [5, 5.41) is 2.68. The lowest BCUT2D eigenvalue weighted by Crippen LogP contribution is -2.46. The predicted molar refractivity (Wildman–Crippen MR) is 86.8 cm³/mol. The summed E-state index contributed by atoms with van der Waals surface area (Å²) >= 11 is 0. The lowest BCUT2D eigenvalue weighted by Gasteiger charge is -2.41. The van der Waals surface area contributed by atoms with Gasteiger partial charge in [-0.3, -0.25) is 4.79 Å². The van der Waals surface area contributed by atoms with E-state index in [0.29, 0.717) is 0 Å². The van der Waals surface area contributed by atoms with E-state index in [1.807, 2.05) is 12.1 Å². The number of rotatable bonds is 4. The van der Waals surface area contributed by atoms with Gasteiger partial charge in [-0.25, -0.2) is 0 Å². The molecule has 2 heterocycles. The molecule has 0 atom stereocenters. The molecule has 0 aromatic heterocycles. The number of nitrogens with zero attached hydrogens (tertiary/aromatic N) is 2. The number of carbonyl (C=O) groups excluding carboxylic acids is 1. The summed E-state index contributed by atoms with van der Waals surface area (Å²) in [5.74, 6) is 0. The Kier molecular flexibility index (Phi) is 4.76. The van der Waals surface area contributed by atoms with E-state index in [9.17, 15) is 4.79 Å². The SMILES string of the molecule is O=CNc1ccc(N2CCC(N3CCCCC3)CC2)cc1. The first-order valence-electron chi connectivity index (χ1n) is 8.16. The molecule has 2 fully saturated rings. The van der Waals surface area contributed by atoms with E-state index >= 15 is 0 Å². The number of carbonyl (C=O) groups is 1. The van der Waals surface area contributed by atoms with Crippen molar-refractivity contribution in [3.05, 3.63) is 24.3 Å². The van der Waals surface area contributed by atoms with Gasteiger partial charge >= 0.3 is 0 Å². The van der Waals surface area contributed by atoms with Crippen molar-refractivity contribution < 1.29 is 4.79 Å². The second kappa shape index (κ2) is 6.94. The van der Waals surface area contributed by atoms with Crippen LogP contribution in [0.25, 0.3) is 0 Å². The maximum Gasteiger partial charge on any atom is 0.211 e. The maximum atomic E-state index is 10.4. The summed E-state index contributed by atoms with van der Waals surface area (Å²) in [4.78, 5) is 15.6. The number of hydrogen-bond donors (Lipinski definition) is 1. The molecule has 0 aliphatic carbocycles. The average molecular weight is 287 g/mol. The fourth-order valence-corrected chi connectivity index (χ4v) is 3.61. The summed E-state index contributed by atoms with van der Waals surface area (Å²) in [6.07, 6.45) is 7.44. The van der Waals surface area contributed by atoms with Crippen LogP contribution in [-0.2, 0) is 4.79 Å². The molecule has 0 saturated carbocycles. The second-order valence-electron chi connectivity index (χ2n) is 6.12. The highest BCUT2D eigenvalue weighted by atomic mass is 16.1. The normalized spacial score (nSPS) is 21.2.